The number of benzene rings is 2. The minimum Gasteiger partial charge on any atom is -0.490 e. The second-order valence-corrected chi connectivity index (χ2v) is 8.39. The lowest BCUT2D eigenvalue weighted by atomic mass is 9.61. The molecule has 0 bridgehead atoms. The maximum Gasteiger partial charge on any atom is 0.416 e. The van der Waals surface area contributed by atoms with E-state index in [0.29, 0.717) is 12.2 Å². The molecule has 154 valence electrons. The third kappa shape index (κ3) is 4.41. The Bertz CT molecular complexity index is 860. The number of Topliss-reactive ketones (excluding diaryl/α,β-unsaturated/α-hetero) is 1. The van der Waals surface area contributed by atoms with E-state index in [-0.39, 0.29) is 17.3 Å². The van der Waals surface area contributed by atoms with Crippen LogP contribution in [0.15, 0.2) is 48.5 Å². The average molecular weight is 403 g/mol. The summed E-state index contributed by atoms with van der Waals surface area (Å²) in [7, 11) is 0. The molecule has 2 aromatic rings. The summed E-state index contributed by atoms with van der Waals surface area (Å²) in [4.78, 5) is 13.4. The van der Waals surface area contributed by atoms with Crippen LogP contribution in [0.2, 0.25) is 0 Å². The third-order valence-electron chi connectivity index (χ3n) is 5.93. The van der Waals surface area contributed by atoms with E-state index in [9.17, 15) is 18.0 Å². The normalized spacial score (nSPS) is 18.3. The van der Waals surface area contributed by atoms with Gasteiger partial charge in [0.2, 0.25) is 0 Å². The quantitative estimate of drug-likeness (QED) is 0.658. The summed E-state index contributed by atoms with van der Waals surface area (Å²) in [6.07, 6.45) is -1.03. The summed E-state index contributed by atoms with van der Waals surface area (Å²) >= 11 is 0. The predicted octanol–water partition coefficient (Wildman–Crippen LogP) is 5.27. The number of hydrogen-bond acceptors (Lipinski definition) is 3. The monoisotopic (exact) mass is 403 g/mol. The number of rotatable bonds is 6. The first kappa shape index (κ1) is 19.8. The number of halogens is 3. The van der Waals surface area contributed by atoms with Crippen molar-refractivity contribution in [2.75, 3.05) is 18.0 Å². The fourth-order valence-electron chi connectivity index (χ4n) is 4.30. The molecule has 0 N–H and O–H groups in total. The molecule has 29 heavy (non-hydrogen) atoms. The first-order valence-electron chi connectivity index (χ1n) is 9.90. The largest absolute Gasteiger partial charge is 0.490 e. The Morgan fingerprint density at radius 3 is 2.24 bits per heavy atom. The second-order valence-electron chi connectivity index (χ2n) is 8.39. The van der Waals surface area contributed by atoms with Gasteiger partial charge in [-0.05, 0) is 68.1 Å². The molecular weight excluding hydrogens is 379 g/mol. The van der Waals surface area contributed by atoms with Crippen molar-refractivity contribution in [2.45, 2.75) is 44.9 Å². The molecule has 1 aliphatic carbocycles. The van der Waals surface area contributed by atoms with Crippen molar-refractivity contribution in [3.05, 3.63) is 59.7 Å². The van der Waals surface area contributed by atoms with Gasteiger partial charge in [-0.2, -0.15) is 13.2 Å². The Hall–Kier alpha value is -2.50. The lowest BCUT2D eigenvalue weighted by Crippen LogP contribution is -2.64. The van der Waals surface area contributed by atoms with Gasteiger partial charge in [-0.1, -0.05) is 12.1 Å². The van der Waals surface area contributed by atoms with E-state index in [1.807, 2.05) is 0 Å². The summed E-state index contributed by atoms with van der Waals surface area (Å²) in [6.45, 7) is 3.57. The van der Waals surface area contributed by atoms with E-state index in [1.165, 1.54) is 23.4 Å². The van der Waals surface area contributed by atoms with Gasteiger partial charge in [0, 0.05) is 30.6 Å². The highest BCUT2D eigenvalue weighted by molar-refractivity contribution is 5.75. The molecule has 2 aliphatic rings. The van der Waals surface area contributed by atoms with Crippen LogP contribution in [0.1, 0.15) is 37.3 Å². The Labute approximate surface area is 168 Å². The van der Waals surface area contributed by atoms with Crippen molar-refractivity contribution < 1.29 is 22.7 Å². The number of alkyl halides is 3. The minimum absolute atomic E-state index is 0.0721. The van der Waals surface area contributed by atoms with E-state index >= 15 is 0 Å². The zero-order chi connectivity index (χ0) is 20.6. The molecule has 1 aliphatic heterocycles. The van der Waals surface area contributed by atoms with Gasteiger partial charge < -0.3 is 14.4 Å². The summed E-state index contributed by atoms with van der Waals surface area (Å²) in [6, 6.07) is 13.3. The summed E-state index contributed by atoms with van der Waals surface area (Å²) in [5, 5.41) is 0. The van der Waals surface area contributed by atoms with Gasteiger partial charge in [-0.15, -0.1) is 0 Å². The van der Waals surface area contributed by atoms with Gasteiger partial charge in [0.1, 0.15) is 17.6 Å². The molecule has 3 nitrogen and oxygen atoms in total. The van der Waals surface area contributed by atoms with Crippen LogP contribution in [0.4, 0.5) is 18.9 Å². The number of carbonyl (C=O) groups excluding carboxylic acids is 1. The average Bonchev–Trinajstić information content (AvgIpc) is 2.61. The Morgan fingerprint density at radius 2 is 1.69 bits per heavy atom. The first-order chi connectivity index (χ1) is 13.7. The van der Waals surface area contributed by atoms with Crippen LogP contribution in [0.5, 0.6) is 5.75 Å². The molecule has 1 heterocycles. The SMILES string of the molecule is CC(=O)CCc1ccc(N2CC3(CC(Oc4ccc(C(F)(F)F)cc4)C3)C2)cc1. The van der Waals surface area contributed by atoms with Crippen molar-refractivity contribution in [1.29, 1.82) is 0 Å². The zero-order valence-electron chi connectivity index (χ0n) is 16.3. The minimum atomic E-state index is -4.32. The Kier molecular flexibility index (Phi) is 5.05. The third-order valence-corrected chi connectivity index (χ3v) is 5.93. The highest BCUT2D eigenvalue weighted by atomic mass is 19.4. The van der Waals surface area contributed by atoms with Gasteiger partial charge in [-0.3, -0.25) is 0 Å². The van der Waals surface area contributed by atoms with Crippen LogP contribution < -0.4 is 9.64 Å². The van der Waals surface area contributed by atoms with Crippen LogP contribution in [-0.2, 0) is 17.4 Å². The summed E-state index contributed by atoms with van der Waals surface area (Å²) in [5.74, 6) is 0.701. The van der Waals surface area contributed by atoms with Crippen molar-refractivity contribution >= 4 is 11.5 Å². The predicted molar refractivity (Wildman–Crippen MR) is 105 cm³/mol. The van der Waals surface area contributed by atoms with Crippen molar-refractivity contribution in [2.24, 2.45) is 5.41 Å². The summed E-state index contributed by atoms with van der Waals surface area (Å²) < 4.78 is 43.7. The second kappa shape index (κ2) is 7.39. The highest BCUT2D eigenvalue weighted by Gasteiger charge is 2.53. The van der Waals surface area contributed by atoms with E-state index < -0.39 is 11.7 Å². The van der Waals surface area contributed by atoms with Crippen LogP contribution >= 0.6 is 0 Å². The summed E-state index contributed by atoms with van der Waals surface area (Å²) in [5.41, 5.74) is 1.98. The molecule has 2 aromatic carbocycles. The number of carbonyl (C=O) groups is 1. The zero-order valence-corrected chi connectivity index (χ0v) is 16.3. The van der Waals surface area contributed by atoms with E-state index in [0.717, 1.165) is 44.5 Å². The Balaban J connectivity index is 1.23. The fraction of sp³-hybridized carbons (Fsp3) is 0.435. The van der Waals surface area contributed by atoms with Gasteiger partial charge in [0.15, 0.2) is 0 Å². The molecule has 0 atom stereocenters. The first-order valence-corrected chi connectivity index (χ1v) is 9.90. The number of hydrogen-bond donors (Lipinski definition) is 0. The van der Waals surface area contributed by atoms with Crippen LogP contribution in [-0.4, -0.2) is 25.0 Å². The number of ketones is 1. The number of ether oxygens (including phenoxy) is 1. The highest BCUT2D eigenvalue weighted by Crippen LogP contribution is 2.50. The molecule has 0 amide bonds. The lowest BCUT2D eigenvalue weighted by molar-refractivity contribution is -0.137. The van der Waals surface area contributed by atoms with Crippen molar-refractivity contribution in [3.8, 4) is 5.75 Å². The van der Waals surface area contributed by atoms with Gasteiger partial charge >= 0.3 is 6.18 Å². The van der Waals surface area contributed by atoms with Gasteiger partial charge in [0.25, 0.3) is 0 Å². The molecule has 0 radical (unpaired) electrons. The molecule has 0 aromatic heterocycles. The lowest BCUT2D eigenvalue weighted by Gasteiger charge is -2.59. The van der Waals surface area contributed by atoms with E-state index in [4.69, 9.17) is 4.74 Å². The molecule has 1 spiro atoms. The standard InChI is InChI=1S/C23H24F3NO2/c1-16(28)2-3-17-4-8-19(9-5-17)27-14-22(15-27)12-21(13-22)29-20-10-6-18(7-11-20)23(24,25)26/h4-11,21H,2-3,12-15H2,1H3. The van der Waals surface area contributed by atoms with Crippen molar-refractivity contribution in [1.82, 2.24) is 0 Å². The van der Waals surface area contributed by atoms with Gasteiger partial charge in [-0.25, -0.2) is 0 Å². The number of anilines is 1. The molecular formula is C23H24F3NO2. The van der Waals surface area contributed by atoms with Gasteiger partial charge in [0.05, 0.1) is 5.56 Å². The number of nitrogens with zero attached hydrogens (tertiary/aromatic N) is 1. The fourth-order valence-corrected chi connectivity index (χ4v) is 4.30. The molecule has 6 heteroatoms. The Morgan fingerprint density at radius 1 is 1.07 bits per heavy atom. The molecule has 1 saturated heterocycles. The van der Waals surface area contributed by atoms with E-state index in [2.05, 4.69) is 29.2 Å². The van der Waals surface area contributed by atoms with Crippen LogP contribution in [0, 0.1) is 5.41 Å². The van der Waals surface area contributed by atoms with Crippen LogP contribution in [0.25, 0.3) is 0 Å². The van der Waals surface area contributed by atoms with E-state index in [1.54, 1.807) is 6.92 Å². The van der Waals surface area contributed by atoms with Crippen molar-refractivity contribution in [3.63, 3.8) is 0 Å². The molecule has 1 saturated carbocycles. The van der Waals surface area contributed by atoms with Crippen LogP contribution in [0.3, 0.4) is 0 Å². The molecule has 0 unspecified atom stereocenters. The number of aryl methyl sites for hydroxylation is 1. The maximum absolute atomic E-state index is 12.6. The molecule has 2 fully saturated rings. The topological polar surface area (TPSA) is 29.5 Å². The smallest absolute Gasteiger partial charge is 0.416 e. The maximum atomic E-state index is 12.6. The molecule has 4 rings (SSSR count).